The molecule has 0 aromatic carbocycles. The Balaban J connectivity index is 1.60. The lowest BCUT2D eigenvalue weighted by Crippen LogP contribution is -2.41. The fraction of sp³-hybridized carbons (Fsp3) is 0.875. The SMILES string of the molecule is C[C@H](C1CC1)N(C)C(=O)[C@@H]1CC(=O)N(C2CCCC2)C1. The van der Waals surface area contributed by atoms with Gasteiger partial charge in [-0.05, 0) is 38.5 Å². The van der Waals surface area contributed by atoms with E-state index in [0.717, 1.165) is 12.8 Å². The monoisotopic (exact) mass is 278 g/mol. The minimum atomic E-state index is -0.103. The quantitative estimate of drug-likeness (QED) is 0.789. The van der Waals surface area contributed by atoms with Crippen molar-refractivity contribution in [3.63, 3.8) is 0 Å². The lowest BCUT2D eigenvalue weighted by atomic mass is 10.1. The highest BCUT2D eigenvalue weighted by Crippen LogP contribution is 2.36. The van der Waals surface area contributed by atoms with E-state index in [9.17, 15) is 9.59 Å². The molecule has 2 atom stereocenters. The summed E-state index contributed by atoms with van der Waals surface area (Å²) in [5, 5.41) is 0. The highest BCUT2D eigenvalue weighted by Gasteiger charge is 2.41. The minimum Gasteiger partial charge on any atom is -0.342 e. The molecule has 112 valence electrons. The summed E-state index contributed by atoms with van der Waals surface area (Å²) in [4.78, 5) is 28.6. The van der Waals surface area contributed by atoms with Crippen molar-refractivity contribution in [1.29, 1.82) is 0 Å². The molecule has 1 saturated heterocycles. The van der Waals surface area contributed by atoms with Gasteiger partial charge in [-0.15, -0.1) is 0 Å². The normalized spacial score (nSPS) is 29.0. The molecule has 2 aliphatic carbocycles. The van der Waals surface area contributed by atoms with Gasteiger partial charge < -0.3 is 9.80 Å². The Morgan fingerprint density at radius 2 is 1.90 bits per heavy atom. The van der Waals surface area contributed by atoms with Crippen molar-refractivity contribution in [3.8, 4) is 0 Å². The molecule has 20 heavy (non-hydrogen) atoms. The summed E-state index contributed by atoms with van der Waals surface area (Å²) < 4.78 is 0. The predicted octanol–water partition coefficient (Wildman–Crippen LogP) is 2.03. The summed E-state index contributed by atoms with van der Waals surface area (Å²) in [6.45, 7) is 2.80. The molecular weight excluding hydrogens is 252 g/mol. The molecule has 0 aromatic rings. The maximum atomic E-state index is 12.6. The number of rotatable bonds is 4. The van der Waals surface area contributed by atoms with E-state index in [4.69, 9.17) is 0 Å². The number of carbonyl (C=O) groups is 2. The van der Waals surface area contributed by atoms with Crippen LogP contribution >= 0.6 is 0 Å². The van der Waals surface area contributed by atoms with Crippen LogP contribution in [-0.2, 0) is 9.59 Å². The first-order valence-corrected chi connectivity index (χ1v) is 8.14. The smallest absolute Gasteiger partial charge is 0.227 e. The number of likely N-dealkylation sites (tertiary alicyclic amines) is 1. The van der Waals surface area contributed by atoms with E-state index in [1.54, 1.807) is 0 Å². The molecule has 0 aromatic heterocycles. The Labute approximate surface area is 121 Å². The number of nitrogens with zero attached hydrogens (tertiary/aromatic N) is 2. The fourth-order valence-corrected chi connectivity index (χ4v) is 3.85. The van der Waals surface area contributed by atoms with Crippen molar-refractivity contribution in [1.82, 2.24) is 9.80 Å². The Hall–Kier alpha value is -1.06. The second-order valence-corrected chi connectivity index (χ2v) is 6.91. The van der Waals surface area contributed by atoms with E-state index >= 15 is 0 Å². The van der Waals surface area contributed by atoms with E-state index in [2.05, 4.69) is 6.92 Å². The van der Waals surface area contributed by atoms with Gasteiger partial charge in [-0.3, -0.25) is 9.59 Å². The molecule has 4 heteroatoms. The van der Waals surface area contributed by atoms with Crippen molar-refractivity contribution in [2.45, 2.75) is 64.0 Å². The van der Waals surface area contributed by atoms with Crippen molar-refractivity contribution in [3.05, 3.63) is 0 Å². The van der Waals surface area contributed by atoms with Crippen molar-refractivity contribution >= 4 is 11.8 Å². The second-order valence-electron chi connectivity index (χ2n) is 6.91. The van der Waals surface area contributed by atoms with Crippen LogP contribution in [0.3, 0.4) is 0 Å². The number of hydrogen-bond donors (Lipinski definition) is 0. The van der Waals surface area contributed by atoms with Gasteiger partial charge in [0.2, 0.25) is 11.8 Å². The molecule has 0 radical (unpaired) electrons. The number of hydrogen-bond acceptors (Lipinski definition) is 2. The summed E-state index contributed by atoms with van der Waals surface area (Å²) >= 11 is 0. The lowest BCUT2D eigenvalue weighted by molar-refractivity contribution is -0.136. The first-order valence-electron chi connectivity index (χ1n) is 8.14. The van der Waals surface area contributed by atoms with Crippen molar-refractivity contribution < 1.29 is 9.59 Å². The fourth-order valence-electron chi connectivity index (χ4n) is 3.85. The zero-order chi connectivity index (χ0) is 14.3. The molecule has 3 aliphatic rings. The van der Waals surface area contributed by atoms with Crippen LogP contribution in [0, 0.1) is 11.8 Å². The van der Waals surface area contributed by atoms with Gasteiger partial charge in [0.15, 0.2) is 0 Å². The van der Waals surface area contributed by atoms with E-state index in [-0.39, 0.29) is 17.7 Å². The largest absolute Gasteiger partial charge is 0.342 e. The third-order valence-corrected chi connectivity index (χ3v) is 5.54. The van der Waals surface area contributed by atoms with Gasteiger partial charge in [0.25, 0.3) is 0 Å². The maximum absolute atomic E-state index is 12.6. The zero-order valence-corrected chi connectivity index (χ0v) is 12.7. The molecule has 2 saturated carbocycles. The van der Waals surface area contributed by atoms with E-state index in [1.807, 2.05) is 16.8 Å². The topological polar surface area (TPSA) is 40.6 Å². The van der Waals surface area contributed by atoms with Gasteiger partial charge in [-0.1, -0.05) is 12.8 Å². The Morgan fingerprint density at radius 3 is 2.50 bits per heavy atom. The average molecular weight is 278 g/mol. The van der Waals surface area contributed by atoms with E-state index in [0.29, 0.717) is 31.0 Å². The Bertz CT molecular complexity index is 399. The predicted molar refractivity (Wildman–Crippen MR) is 77.0 cm³/mol. The summed E-state index contributed by atoms with van der Waals surface area (Å²) in [5.41, 5.74) is 0. The molecule has 0 bridgehead atoms. The molecule has 4 nitrogen and oxygen atoms in total. The van der Waals surface area contributed by atoms with Gasteiger partial charge in [-0.2, -0.15) is 0 Å². The van der Waals surface area contributed by atoms with Gasteiger partial charge in [0.05, 0.1) is 5.92 Å². The van der Waals surface area contributed by atoms with Crippen LogP contribution in [0.25, 0.3) is 0 Å². The first-order chi connectivity index (χ1) is 9.58. The third kappa shape index (κ3) is 2.57. The highest BCUT2D eigenvalue weighted by molar-refractivity contribution is 5.89. The second kappa shape index (κ2) is 5.38. The molecule has 0 unspecified atom stereocenters. The third-order valence-electron chi connectivity index (χ3n) is 5.54. The zero-order valence-electron chi connectivity index (χ0n) is 12.7. The number of carbonyl (C=O) groups excluding carboxylic acids is 2. The minimum absolute atomic E-state index is 0.103. The molecule has 3 rings (SSSR count). The van der Waals surface area contributed by atoms with Crippen LogP contribution in [-0.4, -0.2) is 47.3 Å². The number of amides is 2. The Kier molecular flexibility index (Phi) is 3.74. The standard InChI is InChI=1S/C16H26N2O2/c1-11(12-7-8-12)17(2)16(20)13-9-15(19)18(10-13)14-5-3-4-6-14/h11-14H,3-10H2,1-2H3/t11-,13-/m1/s1. The van der Waals surface area contributed by atoms with Crippen molar-refractivity contribution in [2.24, 2.45) is 11.8 Å². The molecule has 2 amide bonds. The molecule has 1 heterocycles. The lowest BCUT2D eigenvalue weighted by Gasteiger charge is -2.28. The highest BCUT2D eigenvalue weighted by atomic mass is 16.2. The summed E-state index contributed by atoms with van der Waals surface area (Å²) in [6, 6.07) is 0.740. The summed E-state index contributed by atoms with van der Waals surface area (Å²) in [5.74, 6) is 0.960. The van der Waals surface area contributed by atoms with Gasteiger partial charge in [-0.25, -0.2) is 0 Å². The van der Waals surface area contributed by atoms with Crippen molar-refractivity contribution in [2.75, 3.05) is 13.6 Å². The summed E-state index contributed by atoms with van der Waals surface area (Å²) in [7, 11) is 1.91. The molecule has 0 spiro atoms. The van der Waals surface area contributed by atoms with E-state index in [1.165, 1.54) is 25.7 Å². The molecule has 3 fully saturated rings. The Morgan fingerprint density at radius 1 is 1.25 bits per heavy atom. The average Bonchev–Trinajstić information content (AvgIpc) is 3.01. The summed E-state index contributed by atoms with van der Waals surface area (Å²) in [6.07, 6.45) is 7.63. The molecular formula is C16H26N2O2. The van der Waals surface area contributed by atoms with Gasteiger partial charge in [0, 0.05) is 32.1 Å². The van der Waals surface area contributed by atoms with Crippen LogP contribution in [0.1, 0.15) is 51.9 Å². The van der Waals surface area contributed by atoms with Gasteiger partial charge in [0.1, 0.15) is 0 Å². The first kappa shape index (κ1) is 13.9. The van der Waals surface area contributed by atoms with Gasteiger partial charge >= 0.3 is 0 Å². The van der Waals surface area contributed by atoms with Crippen LogP contribution in [0.5, 0.6) is 0 Å². The molecule has 1 aliphatic heterocycles. The van der Waals surface area contributed by atoms with Crippen LogP contribution in [0.15, 0.2) is 0 Å². The van der Waals surface area contributed by atoms with Crippen LogP contribution in [0.4, 0.5) is 0 Å². The maximum Gasteiger partial charge on any atom is 0.227 e. The van der Waals surface area contributed by atoms with Crippen LogP contribution < -0.4 is 0 Å². The van der Waals surface area contributed by atoms with Crippen LogP contribution in [0.2, 0.25) is 0 Å². The molecule has 0 N–H and O–H groups in total. The van der Waals surface area contributed by atoms with E-state index < -0.39 is 0 Å².